The predicted octanol–water partition coefficient (Wildman–Crippen LogP) is 2.19. The lowest BCUT2D eigenvalue weighted by atomic mass is 10.1. The molecule has 2 heterocycles. The van der Waals surface area contributed by atoms with Crippen LogP contribution in [0.1, 0.15) is 31.0 Å². The van der Waals surface area contributed by atoms with Gasteiger partial charge in [-0.25, -0.2) is 0 Å². The summed E-state index contributed by atoms with van der Waals surface area (Å²) in [5.74, 6) is 2.41. The van der Waals surface area contributed by atoms with Crippen LogP contribution in [-0.4, -0.2) is 57.0 Å². The number of carbonyl (C=O) groups is 1. The molecule has 9 nitrogen and oxygen atoms in total. The highest BCUT2D eigenvalue weighted by atomic mass is 35.5. The van der Waals surface area contributed by atoms with E-state index in [-0.39, 0.29) is 30.3 Å². The number of halogens is 1. The van der Waals surface area contributed by atoms with Crippen LogP contribution in [-0.2, 0) is 11.2 Å². The number of carbonyl (C=O) groups excluding carboxylic acids is 1. The summed E-state index contributed by atoms with van der Waals surface area (Å²) in [7, 11) is 6.51. The van der Waals surface area contributed by atoms with Gasteiger partial charge in [-0.15, -0.1) is 12.4 Å². The smallest absolute Gasteiger partial charge is 0.232 e. The molecule has 1 saturated heterocycles. The van der Waals surface area contributed by atoms with Crippen molar-refractivity contribution < 1.29 is 23.5 Å². The van der Waals surface area contributed by atoms with Crippen LogP contribution in [0.3, 0.4) is 0 Å². The van der Waals surface area contributed by atoms with Gasteiger partial charge >= 0.3 is 0 Å². The van der Waals surface area contributed by atoms with Crippen LogP contribution in [0, 0.1) is 0 Å². The zero-order valence-corrected chi connectivity index (χ0v) is 18.0. The van der Waals surface area contributed by atoms with Crippen LogP contribution in [0.25, 0.3) is 0 Å². The van der Waals surface area contributed by atoms with Crippen LogP contribution in [0.2, 0.25) is 0 Å². The van der Waals surface area contributed by atoms with Gasteiger partial charge in [0.25, 0.3) is 0 Å². The van der Waals surface area contributed by atoms with Crippen molar-refractivity contribution in [2.75, 3.05) is 39.8 Å². The molecule has 1 aliphatic heterocycles. The quantitative estimate of drug-likeness (QED) is 0.685. The Morgan fingerprint density at radius 3 is 2.45 bits per heavy atom. The van der Waals surface area contributed by atoms with E-state index in [9.17, 15) is 4.79 Å². The molecule has 160 valence electrons. The summed E-state index contributed by atoms with van der Waals surface area (Å²) >= 11 is 0. The van der Waals surface area contributed by atoms with E-state index < -0.39 is 0 Å². The summed E-state index contributed by atoms with van der Waals surface area (Å²) in [5.41, 5.74) is 0.672. The highest BCUT2D eigenvalue weighted by Gasteiger charge is 2.36. The van der Waals surface area contributed by atoms with Gasteiger partial charge < -0.3 is 29.0 Å². The minimum Gasteiger partial charge on any atom is -0.493 e. The average molecular weight is 427 g/mol. The van der Waals surface area contributed by atoms with Crippen molar-refractivity contribution in [1.82, 2.24) is 15.5 Å². The van der Waals surface area contributed by atoms with Gasteiger partial charge in [0.1, 0.15) is 0 Å². The van der Waals surface area contributed by atoms with E-state index in [4.69, 9.17) is 18.7 Å². The van der Waals surface area contributed by atoms with E-state index in [1.807, 2.05) is 14.0 Å². The Balaban J connectivity index is 0.00000300. The molecule has 2 atom stereocenters. The van der Waals surface area contributed by atoms with Gasteiger partial charge in [-0.2, -0.15) is 4.98 Å². The number of methoxy groups -OCH3 is 3. The third-order valence-electron chi connectivity index (χ3n) is 4.90. The monoisotopic (exact) mass is 426 g/mol. The maximum absolute atomic E-state index is 12.7. The van der Waals surface area contributed by atoms with E-state index in [2.05, 4.69) is 15.5 Å². The molecule has 0 spiro atoms. The molecule has 1 N–H and O–H groups in total. The van der Waals surface area contributed by atoms with E-state index in [0.29, 0.717) is 54.0 Å². The number of hydrogen-bond donors (Lipinski definition) is 1. The van der Waals surface area contributed by atoms with Gasteiger partial charge in [0.05, 0.1) is 32.9 Å². The molecule has 1 aromatic carbocycles. The molecule has 1 amide bonds. The highest BCUT2D eigenvalue weighted by molar-refractivity contribution is 5.97. The van der Waals surface area contributed by atoms with E-state index >= 15 is 0 Å². The molecule has 1 aliphatic rings. The van der Waals surface area contributed by atoms with Gasteiger partial charge in [0.2, 0.25) is 17.5 Å². The first-order valence-electron chi connectivity index (χ1n) is 9.10. The molecular weight excluding hydrogens is 400 g/mol. The number of nitrogens with zero attached hydrogens (tertiary/aromatic N) is 3. The predicted molar refractivity (Wildman–Crippen MR) is 110 cm³/mol. The van der Waals surface area contributed by atoms with Crippen LogP contribution < -0.4 is 24.4 Å². The Bertz CT molecular complexity index is 819. The van der Waals surface area contributed by atoms with Crippen LogP contribution in [0.15, 0.2) is 16.7 Å². The molecule has 0 bridgehead atoms. The number of hydrogen-bond acceptors (Lipinski definition) is 8. The lowest BCUT2D eigenvalue weighted by Gasteiger charge is -2.20. The lowest BCUT2D eigenvalue weighted by molar-refractivity contribution is -0.117. The van der Waals surface area contributed by atoms with Gasteiger partial charge in [0.15, 0.2) is 17.3 Å². The fourth-order valence-corrected chi connectivity index (χ4v) is 3.24. The molecule has 0 radical (unpaired) electrons. The Kier molecular flexibility index (Phi) is 7.69. The summed E-state index contributed by atoms with van der Waals surface area (Å²) in [6.07, 6.45) is 0.969. The minimum atomic E-state index is -0.155. The Morgan fingerprint density at radius 2 is 1.90 bits per heavy atom. The second kappa shape index (κ2) is 9.80. The van der Waals surface area contributed by atoms with Crippen molar-refractivity contribution in [1.29, 1.82) is 0 Å². The minimum absolute atomic E-state index is 0. The number of anilines is 1. The molecular formula is C19H27ClN4O5. The molecule has 3 rings (SSSR count). The number of rotatable bonds is 8. The molecule has 0 saturated carbocycles. The highest BCUT2D eigenvalue weighted by Crippen LogP contribution is 2.42. The second-order valence-corrected chi connectivity index (χ2v) is 6.73. The second-order valence-electron chi connectivity index (χ2n) is 6.73. The molecule has 29 heavy (non-hydrogen) atoms. The number of likely N-dealkylation sites (N-methyl/N-ethyl adjacent to an activating group) is 1. The zero-order valence-electron chi connectivity index (χ0n) is 17.2. The zero-order chi connectivity index (χ0) is 20.3. The first-order valence-corrected chi connectivity index (χ1v) is 9.10. The number of amides is 1. The van der Waals surface area contributed by atoms with Gasteiger partial charge in [-0.3, -0.25) is 4.79 Å². The largest absolute Gasteiger partial charge is 0.493 e. The normalized spacial score (nSPS) is 17.1. The third-order valence-corrected chi connectivity index (χ3v) is 4.90. The fourth-order valence-electron chi connectivity index (χ4n) is 3.24. The van der Waals surface area contributed by atoms with Crippen molar-refractivity contribution in [2.45, 2.75) is 31.7 Å². The molecule has 10 heteroatoms. The topological polar surface area (TPSA) is 99.0 Å². The third kappa shape index (κ3) is 4.73. The molecule has 0 aliphatic carbocycles. The Hall–Kier alpha value is -2.52. The van der Waals surface area contributed by atoms with E-state index in [1.165, 1.54) is 0 Å². The Morgan fingerprint density at radius 1 is 1.24 bits per heavy atom. The SMILES string of the molecule is CNC(C)Cc1noc(C2CC(=O)N(c3cc(OC)c(OC)c(OC)c3)C2)n1.Cl. The van der Waals surface area contributed by atoms with Crippen molar-refractivity contribution in [2.24, 2.45) is 0 Å². The molecule has 2 aromatic rings. The molecule has 2 unspecified atom stereocenters. The average Bonchev–Trinajstić information content (AvgIpc) is 3.33. The maximum Gasteiger partial charge on any atom is 0.232 e. The van der Waals surface area contributed by atoms with Crippen molar-refractivity contribution in [3.63, 3.8) is 0 Å². The van der Waals surface area contributed by atoms with Crippen LogP contribution in [0.5, 0.6) is 17.2 Å². The van der Waals surface area contributed by atoms with Crippen molar-refractivity contribution >= 4 is 24.0 Å². The van der Waals surface area contributed by atoms with Gasteiger partial charge in [-0.1, -0.05) is 5.16 Å². The summed E-state index contributed by atoms with van der Waals surface area (Å²) < 4.78 is 21.5. The first kappa shape index (κ1) is 22.8. The van der Waals surface area contributed by atoms with Crippen LogP contribution >= 0.6 is 12.4 Å². The summed E-state index contributed by atoms with van der Waals surface area (Å²) in [5, 5.41) is 7.18. The summed E-state index contributed by atoms with van der Waals surface area (Å²) in [6.45, 7) is 2.49. The lowest BCUT2D eigenvalue weighted by Crippen LogP contribution is -2.24. The van der Waals surface area contributed by atoms with Crippen molar-refractivity contribution in [3.05, 3.63) is 23.8 Å². The standard InChI is InChI=1S/C19H26N4O5.ClH/c1-11(20-2)6-16-21-19(28-22-16)12-7-17(24)23(10-12)13-8-14(25-3)18(27-5)15(9-13)26-4;/h8-9,11-12,20H,6-7,10H2,1-5H3;1H. The number of benzene rings is 1. The summed E-state index contributed by atoms with van der Waals surface area (Å²) in [4.78, 5) is 18.8. The van der Waals surface area contributed by atoms with Crippen molar-refractivity contribution in [3.8, 4) is 17.2 Å². The van der Waals surface area contributed by atoms with Crippen LogP contribution in [0.4, 0.5) is 5.69 Å². The molecule has 1 fully saturated rings. The fraction of sp³-hybridized carbons (Fsp3) is 0.526. The maximum atomic E-state index is 12.7. The van der Waals surface area contributed by atoms with Gasteiger partial charge in [-0.05, 0) is 14.0 Å². The Labute approximate surface area is 176 Å². The summed E-state index contributed by atoms with van der Waals surface area (Å²) in [6, 6.07) is 3.76. The molecule has 1 aromatic heterocycles. The number of aromatic nitrogens is 2. The number of nitrogens with one attached hydrogen (secondary N) is 1. The first-order chi connectivity index (χ1) is 13.5. The van der Waals surface area contributed by atoms with Gasteiger partial charge in [0, 0.05) is 37.6 Å². The number of ether oxygens (including phenoxy) is 3. The van der Waals surface area contributed by atoms with E-state index in [1.54, 1.807) is 38.4 Å². The van der Waals surface area contributed by atoms with E-state index in [0.717, 1.165) is 0 Å².